The van der Waals surface area contributed by atoms with Crippen molar-refractivity contribution >= 4 is 16.7 Å². The number of nitrogens with zero attached hydrogens (tertiary/aromatic N) is 4. The Morgan fingerprint density at radius 1 is 1.21 bits per heavy atom. The molecule has 8 nitrogen and oxygen atoms in total. The highest BCUT2D eigenvalue weighted by molar-refractivity contribution is 5.90. The zero-order valence-electron chi connectivity index (χ0n) is 16.9. The van der Waals surface area contributed by atoms with E-state index in [2.05, 4.69) is 37.6 Å². The monoisotopic (exact) mass is 391 g/mol. The van der Waals surface area contributed by atoms with Gasteiger partial charge in [-0.15, -0.1) is 0 Å². The predicted octanol–water partition coefficient (Wildman–Crippen LogP) is 3.74. The molecule has 4 aromatic rings. The number of aromatic nitrogens is 6. The zero-order chi connectivity index (χ0) is 20.2. The molecule has 29 heavy (non-hydrogen) atoms. The van der Waals surface area contributed by atoms with Crippen LogP contribution >= 0.6 is 0 Å². The van der Waals surface area contributed by atoms with E-state index in [1.54, 1.807) is 12.4 Å². The number of hydrogen-bond acceptors (Lipinski definition) is 6. The normalized spacial score (nSPS) is 12.2. The van der Waals surface area contributed by atoms with Crippen molar-refractivity contribution in [3.63, 3.8) is 0 Å². The lowest BCUT2D eigenvalue weighted by atomic mass is 10.0. The van der Waals surface area contributed by atoms with E-state index in [1.165, 1.54) is 5.56 Å². The Hall–Kier alpha value is -3.42. The van der Waals surface area contributed by atoms with Crippen LogP contribution in [-0.2, 0) is 6.42 Å². The Bertz CT molecular complexity index is 1100. The maximum absolute atomic E-state index is 5.69. The average Bonchev–Trinajstić information content (AvgIpc) is 3.36. The van der Waals surface area contributed by atoms with Gasteiger partial charge in [-0.25, -0.2) is 9.97 Å². The quantitative estimate of drug-likeness (QED) is 0.423. The summed E-state index contributed by atoms with van der Waals surface area (Å²) in [6, 6.07) is 5.88. The Morgan fingerprint density at radius 3 is 2.86 bits per heavy atom. The molecule has 4 heterocycles. The summed E-state index contributed by atoms with van der Waals surface area (Å²) in [6.45, 7) is 7.55. The Labute approximate surface area is 169 Å². The molecule has 0 saturated heterocycles. The Morgan fingerprint density at radius 2 is 2.07 bits per heavy atom. The van der Waals surface area contributed by atoms with Crippen LogP contribution in [0.1, 0.15) is 25.1 Å². The molecular formula is C21H25N7O. The van der Waals surface area contributed by atoms with E-state index >= 15 is 0 Å². The summed E-state index contributed by atoms with van der Waals surface area (Å²) in [5.74, 6) is 1.01. The second-order valence-electron chi connectivity index (χ2n) is 7.15. The zero-order valence-corrected chi connectivity index (χ0v) is 16.9. The molecule has 0 aliphatic heterocycles. The summed E-state index contributed by atoms with van der Waals surface area (Å²) < 4.78 is 5.69. The van der Waals surface area contributed by atoms with Crippen LogP contribution in [0.5, 0.6) is 5.88 Å². The number of aromatic amines is 2. The van der Waals surface area contributed by atoms with Crippen LogP contribution in [0, 0.1) is 12.8 Å². The fraction of sp³-hybridized carbons (Fsp3) is 0.333. The van der Waals surface area contributed by atoms with Crippen molar-refractivity contribution in [3.8, 4) is 17.1 Å². The largest absolute Gasteiger partial charge is 0.477 e. The van der Waals surface area contributed by atoms with Gasteiger partial charge in [0.2, 0.25) is 5.88 Å². The van der Waals surface area contributed by atoms with Crippen molar-refractivity contribution in [2.75, 3.05) is 18.5 Å². The van der Waals surface area contributed by atoms with E-state index in [4.69, 9.17) is 9.72 Å². The minimum Gasteiger partial charge on any atom is -0.477 e. The lowest BCUT2D eigenvalue weighted by Gasteiger charge is -2.15. The maximum atomic E-state index is 5.69. The van der Waals surface area contributed by atoms with E-state index < -0.39 is 0 Å². The van der Waals surface area contributed by atoms with Crippen molar-refractivity contribution in [3.05, 3.63) is 48.0 Å². The molecule has 1 atom stereocenters. The van der Waals surface area contributed by atoms with Crippen LogP contribution in [0.3, 0.4) is 0 Å². The van der Waals surface area contributed by atoms with Crippen LogP contribution in [0.4, 0.5) is 5.69 Å². The summed E-state index contributed by atoms with van der Waals surface area (Å²) in [4.78, 5) is 9.09. The van der Waals surface area contributed by atoms with Crippen molar-refractivity contribution in [1.82, 2.24) is 30.4 Å². The van der Waals surface area contributed by atoms with Gasteiger partial charge in [0.25, 0.3) is 0 Å². The number of hydrogen-bond donors (Lipinski definition) is 3. The summed E-state index contributed by atoms with van der Waals surface area (Å²) in [5, 5.41) is 18.0. The van der Waals surface area contributed by atoms with Crippen molar-refractivity contribution in [1.29, 1.82) is 0 Å². The lowest BCUT2D eigenvalue weighted by Crippen LogP contribution is -2.14. The summed E-state index contributed by atoms with van der Waals surface area (Å²) >= 11 is 0. The SMILES string of the molecule is CCOc1ncccc1-c1cc(NC[C@@H](C)Cc2c[nH]nc2C)c2n[nH]cc2n1. The van der Waals surface area contributed by atoms with E-state index in [0.717, 1.165) is 46.6 Å². The van der Waals surface area contributed by atoms with E-state index in [0.29, 0.717) is 18.4 Å². The molecule has 0 spiro atoms. The molecule has 0 amide bonds. The molecule has 0 fully saturated rings. The van der Waals surface area contributed by atoms with Gasteiger partial charge in [-0.1, -0.05) is 6.92 Å². The van der Waals surface area contributed by atoms with Crippen LogP contribution in [0.15, 0.2) is 36.8 Å². The molecule has 0 saturated carbocycles. The number of ether oxygens (including phenoxy) is 1. The number of rotatable bonds is 8. The van der Waals surface area contributed by atoms with Gasteiger partial charge in [-0.05, 0) is 49.9 Å². The van der Waals surface area contributed by atoms with Crippen LogP contribution < -0.4 is 10.1 Å². The third kappa shape index (κ3) is 4.06. The number of nitrogens with one attached hydrogen (secondary N) is 3. The first-order valence-electron chi connectivity index (χ1n) is 9.81. The maximum Gasteiger partial charge on any atom is 0.222 e. The number of fused-ring (bicyclic) bond motifs is 1. The van der Waals surface area contributed by atoms with E-state index in [-0.39, 0.29) is 0 Å². The molecule has 4 aromatic heterocycles. The summed E-state index contributed by atoms with van der Waals surface area (Å²) in [5.41, 5.74) is 6.53. The first-order valence-corrected chi connectivity index (χ1v) is 9.81. The minimum absolute atomic E-state index is 0.425. The number of pyridine rings is 2. The van der Waals surface area contributed by atoms with Gasteiger partial charge in [-0.2, -0.15) is 10.2 Å². The van der Waals surface area contributed by atoms with Gasteiger partial charge < -0.3 is 10.1 Å². The molecule has 150 valence electrons. The topological polar surface area (TPSA) is 104 Å². The molecule has 0 unspecified atom stereocenters. The van der Waals surface area contributed by atoms with Crippen LogP contribution in [-0.4, -0.2) is 43.5 Å². The van der Waals surface area contributed by atoms with Crippen molar-refractivity contribution in [2.45, 2.75) is 27.2 Å². The first-order chi connectivity index (χ1) is 14.2. The van der Waals surface area contributed by atoms with Gasteiger partial charge in [0.1, 0.15) is 11.0 Å². The van der Waals surface area contributed by atoms with Gasteiger partial charge in [0.05, 0.1) is 29.2 Å². The molecule has 0 radical (unpaired) electrons. The van der Waals surface area contributed by atoms with E-state index in [9.17, 15) is 0 Å². The number of H-pyrrole nitrogens is 2. The highest BCUT2D eigenvalue weighted by atomic mass is 16.5. The molecule has 0 aromatic carbocycles. The number of aryl methyl sites for hydroxylation is 1. The van der Waals surface area contributed by atoms with Crippen LogP contribution in [0.2, 0.25) is 0 Å². The van der Waals surface area contributed by atoms with Gasteiger partial charge in [-0.3, -0.25) is 10.2 Å². The van der Waals surface area contributed by atoms with E-state index in [1.807, 2.05) is 38.2 Å². The standard InChI is InChI=1S/C21H25N7O/c1-4-29-21-16(6-5-7-22-21)17-9-18(20-19(26-17)12-25-28-20)23-10-13(2)8-15-11-24-27-14(15)3/h5-7,9,11-13H,4,8,10H2,1-3H3,(H,23,26)(H,24,27)(H,25,28)/t13-/m0/s1. The number of anilines is 1. The summed E-state index contributed by atoms with van der Waals surface area (Å²) in [7, 11) is 0. The minimum atomic E-state index is 0.425. The second-order valence-corrected chi connectivity index (χ2v) is 7.15. The van der Waals surface area contributed by atoms with Gasteiger partial charge in [0, 0.05) is 25.1 Å². The first kappa shape index (κ1) is 18.9. The molecule has 0 aliphatic rings. The van der Waals surface area contributed by atoms with Crippen molar-refractivity contribution < 1.29 is 4.74 Å². The van der Waals surface area contributed by atoms with Gasteiger partial charge >= 0.3 is 0 Å². The smallest absolute Gasteiger partial charge is 0.222 e. The Kier molecular flexibility index (Phi) is 5.41. The third-order valence-electron chi connectivity index (χ3n) is 4.87. The fourth-order valence-electron chi connectivity index (χ4n) is 3.37. The average molecular weight is 391 g/mol. The highest BCUT2D eigenvalue weighted by Crippen LogP contribution is 2.31. The predicted molar refractivity (Wildman–Crippen MR) is 113 cm³/mol. The third-order valence-corrected chi connectivity index (χ3v) is 4.87. The Balaban J connectivity index is 1.60. The van der Waals surface area contributed by atoms with Crippen LogP contribution in [0.25, 0.3) is 22.3 Å². The molecule has 4 rings (SSSR count). The molecular weight excluding hydrogens is 366 g/mol. The van der Waals surface area contributed by atoms with Crippen molar-refractivity contribution in [2.24, 2.45) is 5.92 Å². The molecule has 0 bridgehead atoms. The lowest BCUT2D eigenvalue weighted by molar-refractivity contribution is 0.328. The molecule has 0 aliphatic carbocycles. The molecule has 3 N–H and O–H groups in total. The highest BCUT2D eigenvalue weighted by Gasteiger charge is 2.15. The fourth-order valence-corrected chi connectivity index (χ4v) is 3.37. The second kappa shape index (κ2) is 8.30. The van der Waals surface area contributed by atoms with Gasteiger partial charge in [0.15, 0.2) is 0 Å². The molecule has 8 heteroatoms. The summed E-state index contributed by atoms with van der Waals surface area (Å²) in [6.07, 6.45) is 6.45.